The van der Waals surface area contributed by atoms with Crippen LogP contribution in [0, 0.1) is 0 Å². The summed E-state index contributed by atoms with van der Waals surface area (Å²) in [5.41, 5.74) is 1.76. The lowest BCUT2D eigenvalue weighted by Crippen LogP contribution is -2.37. The van der Waals surface area contributed by atoms with Crippen molar-refractivity contribution in [2.24, 2.45) is 0 Å². The second-order valence-corrected chi connectivity index (χ2v) is 5.58. The number of rotatable bonds is 4. The summed E-state index contributed by atoms with van der Waals surface area (Å²) in [4.78, 5) is 0. The van der Waals surface area contributed by atoms with Gasteiger partial charge < -0.3 is 24.1 Å². The molecule has 0 spiro atoms. The van der Waals surface area contributed by atoms with Crippen LogP contribution >= 0.6 is 0 Å². The van der Waals surface area contributed by atoms with Gasteiger partial charge in [0.15, 0.2) is 6.29 Å². The molecule has 0 saturated carbocycles. The van der Waals surface area contributed by atoms with Crippen LogP contribution in [0.1, 0.15) is 30.3 Å². The SMILES string of the molecule is COc1ccc(C2(CO)CCOCC2)cc1C1OCCO1. The third-order valence-electron chi connectivity index (χ3n) is 4.47. The van der Waals surface area contributed by atoms with E-state index in [2.05, 4.69) is 6.07 Å². The highest BCUT2D eigenvalue weighted by molar-refractivity contribution is 5.41. The van der Waals surface area contributed by atoms with E-state index >= 15 is 0 Å². The quantitative estimate of drug-likeness (QED) is 0.917. The standard InChI is InChI=1S/C16H22O5/c1-18-14-3-2-12(10-13(14)15-20-8-9-21-15)16(11-17)4-6-19-7-5-16/h2-3,10,15,17H,4-9,11H2,1H3. The summed E-state index contributed by atoms with van der Waals surface area (Å²) >= 11 is 0. The van der Waals surface area contributed by atoms with Gasteiger partial charge in [-0.3, -0.25) is 0 Å². The number of aliphatic hydroxyl groups is 1. The summed E-state index contributed by atoms with van der Waals surface area (Å²) in [7, 11) is 1.64. The highest BCUT2D eigenvalue weighted by atomic mass is 16.7. The Balaban J connectivity index is 1.96. The van der Waals surface area contributed by atoms with Crippen molar-refractivity contribution in [1.29, 1.82) is 0 Å². The Morgan fingerprint density at radius 1 is 1.19 bits per heavy atom. The van der Waals surface area contributed by atoms with Gasteiger partial charge in [-0.25, -0.2) is 0 Å². The molecule has 0 unspecified atom stereocenters. The molecule has 116 valence electrons. The number of aliphatic hydroxyl groups excluding tert-OH is 1. The number of benzene rings is 1. The lowest BCUT2D eigenvalue weighted by Gasteiger charge is -2.36. The molecule has 21 heavy (non-hydrogen) atoms. The first-order chi connectivity index (χ1) is 10.3. The zero-order valence-corrected chi connectivity index (χ0v) is 12.3. The minimum atomic E-state index is -0.379. The Morgan fingerprint density at radius 3 is 2.52 bits per heavy atom. The third kappa shape index (κ3) is 2.79. The molecular weight excluding hydrogens is 272 g/mol. The Morgan fingerprint density at radius 2 is 1.90 bits per heavy atom. The van der Waals surface area contributed by atoms with E-state index in [1.807, 2.05) is 12.1 Å². The van der Waals surface area contributed by atoms with Crippen LogP contribution in [0.15, 0.2) is 18.2 Å². The van der Waals surface area contributed by atoms with E-state index in [1.165, 1.54) is 0 Å². The van der Waals surface area contributed by atoms with Crippen LogP contribution in [0.3, 0.4) is 0 Å². The van der Waals surface area contributed by atoms with Crippen molar-refractivity contribution in [3.05, 3.63) is 29.3 Å². The van der Waals surface area contributed by atoms with Crippen LogP contribution in [0.4, 0.5) is 0 Å². The van der Waals surface area contributed by atoms with E-state index in [0.717, 1.165) is 29.7 Å². The largest absolute Gasteiger partial charge is 0.496 e. The Kier molecular flexibility index (Phi) is 4.45. The molecule has 3 rings (SSSR count). The van der Waals surface area contributed by atoms with Gasteiger partial charge in [-0.2, -0.15) is 0 Å². The summed E-state index contributed by atoms with van der Waals surface area (Å²) < 4.78 is 22.1. The summed E-state index contributed by atoms with van der Waals surface area (Å²) in [6.45, 7) is 2.67. The average molecular weight is 294 g/mol. The molecule has 5 heteroatoms. The maximum absolute atomic E-state index is 9.93. The molecule has 0 radical (unpaired) electrons. The predicted molar refractivity (Wildman–Crippen MR) is 76.5 cm³/mol. The lowest BCUT2D eigenvalue weighted by molar-refractivity contribution is -0.0457. The molecule has 0 atom stereocenters. The van der Waals surface area contributed by atoms with Gasteiger partial charge in [0.1, 0.15) is 5.75 Å². The lowest BCUT2D eigenvalue weighted by atomic mass is 9.74. The van der Waals surface area contributed by atoms with Gasteiger partial charge in [0.25, 0.3) is 0 Å². The average Bonchev–Trinajstić information content (AvgIpc) is 3.09. The highest BCUT2D eigenvalue weighted by Crippen LogP contribution is 2.39. The smallest absolute Gasteiger partial charge is 0.187 e. The van der Waals surface area contributed by atoms with Gasteiger partial charge >= 0.3 is 0 Å². The van der Waals surface area contributed by atoms with E-state index in [4.69, 9.17) is 18.9 Å². The van der Waals surface area contributed by atoms with Crippen molar-refractivity contribution < 1.29 is 24.1 Å². The van der Waals surface area contributed by atoms with Gasteiger partial charge in [0.05, 0.1) is 26.9 Å². The van der Waals surface area contributed by atoms with Gasteiger partial charge in [0.2, 0.25) is 0 Å². The first-order valence-electron chi connectivity index (χ1n) is 7.39. The first-order valence-corrected chi connectivity index (χ1v) is 7.39. The molecule has 2 heterocycles. The minimum absolute atomic E-state index is 0.120. The maximum atomic E-state index is 9.93. The van der Waals surface area contributed by atoms with Gasteiger partial charge in [-0.15, -0.1) is 0 Å². The van der Waals surface area contributed by atoms with Crippen LogP contribution in [0.25, 0.3) is 0 Å². The van der Waals surface area contributed by atoms with E-state index < -0.39 is 0 Å². The van der Waals surface area contributed by atoms with E-state index in [0.29, 0.717) is 26.4 Å². The summed E-state index contributed by atoms with van der Waals surface area (Å²) in [6.07, 6.45) is 1.26. The molecule has 2 saturated heterocycles. The molecular formula is C16H22O5. The molecule has 1 aromatic carbocycles. The van der Waals surface area contributed by atoms with Crippen molar-refractivity contribution in [2.75, 3.05) is 40.1 Å². The molecule has 5 nitrogen and oxygen atoms in total. The number of hydrogen-bond donors (Lipinski definition) is 1. The van der Waals surface area contributed by atoms with Gasteiger partial charge in [-0.05, 0) is 30.5 Å². The molecule has 2 fully saturated rings. The Labute approximate surface area is 124 Å². The molecule has 2 aliphatic rings. The highest BCUT2D eigenvalue weighted by Gasteiger charge is 2.35. The van der Waals surface area contributed by atoms with E-state index in [9.17, 15) is 5.11 Å². The predicted octanol–water partition coefficient (Wildman–Crippen LogP) is 1.78. The van der Waals surface area contributed by atoms with Crippen molar-refractivity contribution >= 4 is 0 Å². The number of methoxy groups -OCH3 is 1. The van der Waals surface area contributed by atoms with Crippen molar-refractivity contribution in [3.8, 4) is 5.75 Å². The topological polar surface area (TPSA) is 57.2 Å². The molecule has 2 aliphatic heterocycles. The maximum Gasteiger partial charge on any atom is 0.187 e. The van der Waals surface area contributed by atoms with Crippen molar-refractivity contribution in [3.63, 3.8) is 0 Å². The normalized spacial score (nSPS) is 22.4. The second-order valence-electron chi connectivity index (χ2n) is 5.58. The first kappa shape index (κ1) is 14.8. The van der Waals surface area contributed by atoms with Crippen LogP contribution in [0.5, 0.6) is 5.75 Å². The zero-order chi connectivity index (χ0) is 14.7. The monoisotopic (exact) mass is 294 g/mol. The molecule has 1 aromatic rings. The van der Waals surface area contributed by atoms with Crippen LogP contribution in [-0.4, -0.2) is 45.3 Å². The fraction of sp³-hybridized carbons (Fsp3) is 0.625. The molecule has 0 amide bonds. The molecule has 0 aromatic heterocycles. The van der Waals surface area contributed by atoms with Gasteiger partial charge in [0, 0.05) is 24.2 Å². The summed E-state index contributed by atoms with van der Waals surface area (Å²) in [5, 5.41) is 9.93. The Hall–Kier alpha value is -1.14. The van der Waals surface area contributed by atoms with Crippen LogP contribution in [0.2, 0.25) is 0 Å². The summed E-state index contributed by atoms with van der Waals surface area (Å²) in [6, 6.07) is 6.01. The van der Waals surface area contributed by atoms with Crippen molar-refractivity contribution in [2.45, 2.75) is 24.5 Å². The minimum Gasteiger partial charge on any atom is -0.496 e. The molecule has 0 bridgehead atoms. The van der Waals surface area contributed by atoms with E-state index in [1.54, 1.807) is 7.11 Å². The fourth-order valence-electron chi connectivity index (χ4n) is 3.09. The van der Waals surface area contributed by atoms with E-state index in [-0.39, 0.29) is 18.3 Å². The van der Waals surface area contributed by atoms with Gasteiger partial charge in [-0.1, -0.05) is 6.07 Å². The zero-order valence-electron chi connectivity index (χ0n) is 12.3. The van der Waals surface area contributed by atoms with Crippen LogP contribution < -0.4 is 4.74 Å². The van der Waals surface area contributed by atoms with Crippen LogP contribution in [-0.2, 0) is 19.6 Å². The van der Waals surface area contributed by atoms with Crippen molar-refractivity contribution in [1.82, 2.24) is 0 Å². The number of hydrogen-bond acceptors (Lipinski definition) is 5. The fourth-order valence-corrected chi connectivity index (χ4v) is 3.09. The molecule has 0 aliphatic carbocycles. The third-order valence-corrected chi connectivity index (χ3v) is 4.47. The second kappa shape index (κ2) is 6.32. The summed E-state index contributed by atoms with van der Waals surface area (Å²) in [5.74, 6) is 0.755. The Bertz CT molecular complexity index is 476. The number of ether oxygens (including phenoxy) is 4. The molecule has 1 N–H and O–H groups in total.